The highest BCUT2D eigenvalue weighted by molar-refractivity contribution is 5.14. The van der Waals surface area contributed by atoms with Gasteiger partial charge in [0, 0.05) is 6.20 Å². The molecule has 0 aliphatic rings. The van der Waals surface area contributed by atoms with E-state index in [2.05, 4.69) is 31.1 Å². The Balaban J connectivity index is 2.32. The summed E-state index contributed by atoms with van der Waals surface area (Å²) >= 11 is 0. The molecule has 1 rings (SSSR count). The minimum absolute atomic E-state index is 0.250. The van der Waals surface area contributed by atoms with E-state index in [-0.39, 0.29) is 5.82 Å². The summed E-state index contributed by atoms with van der Waals surface area (Å²) in [5.74, 6) is 0.772. The molecule has 0 fully saturated rings. The van der Waals surface area contributed by atoms with Gasteiger partial charge < -0.3 is 5.32 Å². The fourth-order valence-corrected chi connectivity index (χ4v) is 1.57. The van der Waals surface area contributed by atoms with Crippen molar-refractivity contribution < 1.29 is 4.39 Å². The van der Waals surface area contributed by atoms with Crippen molar-refractivity contribution in [2.45, 2.75) is 33.1 Å². The Morgan fingerprint density at radius 2 is 2.06 bits per heavy atom. The summed E-state index contributed by atoms with van der Waals surface area (Å²) < 4.78 is 12.9. The van der Waals surface area contributed by atoms with Crippen LogP contribution in [0, 0.1) is 11.7 Å². The Kier molecular flexibility index (Phi) is 5.39. The largest absolute Gasteiger partial charge is 0.316 e. The van der Waals surface area contributed by atoms with E-state index in [1.54, 1.807) is 12.3 Å². The molecule has 0 aliphatic heterocycles. The van der Waals surface area contributed by atoms with Crippen molar-refractivity contribution in [3.63, 3.8) is 0 Å². The van der Waals surface area contributed by atoms with E-state index in [1.807, 2.05) is 0 Å². The Morgan fingerprint density at radius 1 is 1.31 bits per heavy atom. The van der Waals surface area contributed by atoms with Crippen molar-refractivity contribution >= 4 is 0 Å². The average Bonchev–Trinajstić information content (AvgIpc) is 2.24. The van der Waals surface area contributed by atoms with E-state index >= 15 is 0 Å². The molecular weight excluding hydrogens is 203 g/mol. The van der Waals surface area contributed by atoms with Crippen LogP contribution in [-0.2, 0) is 0 Å². The maximum Gasteiger partial charge on any atom is 0.141 e. The zero-order valence-corrected chi connectivity index (χ0v) is 10.3. The molecule has 2 nitrogen and oxygen atoms in total. The van der Waals surface area contributed by atoms with Gasteiger partial charge in [-0.25, -0.2) is 4.39 Å². The fourth-order valence-electron chi connectivity index (χ4n) is 1.57. The third kappa shape index (κ3) is 4.71. The number of hydrogen-bond acceptors (Lipinski definition) is 2. The molecule has 16 heavy (non-hydrogen) atoms. The summed E-state index contributed by atoms with van der Waals surface area (Å²) in [4.78, 5) is 3.87. The van der Waals surface area contributed by atoms with Crippen LogP contribution >= 0.6 is 0 Å². The molecule has 0 saturated carbocycles. The highest BCUT2D eigenvalue weighted by Crippen LogP contribution is 2.17. The molecule has 1 aromatic rings. The molecule has 3 heteroatoms. The highest BCUT2D eigenvalue weighted by atomic mass is 19.1. The number of nitrogens with one attached hydrogen (secondary N) is 1. The van der Waals surface area contributed by atoms with Gasteiger partial charge in [0.05, 0.1) is 6.20 Å². The van der Waals surface area contributed by atoms with E-state index in [0.717, 1.165) is 25.1 Å². The van der Waals surface area contributed by atoms with Gasteiger partial charge in [-0.15, -0.1) is 0 Å². The molecule has 90 valence electrons. The molecule has 1 N–H and O–H groups in total. The van der Waals surface area contributed by atoms with Gasteiger partial charge in [-0.1, -0.05) is 20.8 Å². The first-order chi connectivity index (χ1) is 7.59. The van der Waals surface area contributed by atoms with Gasteiger partial charge >= 0.3 is 0 Å². The molecule has 0 spiro atoms. The van der Waals surface area contributed by atoms with Crippen molar-refractivity contribution in [3.8, 4) is 0 Å². The summed E-state index contributed by atoms with van der Waals surface area (Å²) in [7, 11) is 0. The first kappa shape index (κ1) is 13.1. The molecular formula is C13H21FN2. The zero-order valence-electron chi connectivity index (χ0n) is 10.3. The monoisotopic (exact) mass is 224 g/mol. The van der Waals surface area contributed by atoms with E-state index in [1.165, 1.54) is 6.20 Å². The lowest BCUT2D eigenvalue weighted by atomic mass is 9.99. The Labute approximate surface area is 97.3 Å². The van der Waals surface area contributed by atoms with Crippen LogP contribution in [-0.4, -0.2) is 18.1 Å². The van der Waals surface area contributed by atoms with Gasteiger partial charge in [0.15, 0.2) is 0 Å². The Morgan fingerprint density at radius 3 is 2.69 bits per heavy atom. The molecule has 1 aromatic heterocycles. The van der Waals surface area contributed by atoms with Crippen LogP contribution in [0.4, 0.5) is 4.39 Å². The molecule has 0 saturated heterocycles. The molecule has 1 heterocycles. The lowest BCUT2D eigenvalue weighted by Gasteiger charge is -2.13. The normalized spacial score (nSPS) is 13.1. The minimum Gasteiger partial charge on any atom is -0.316 e. The van der Waals surface area contributed by atoms with Crippen molar-refractivity contribution in [2.24, 2.45) is 5.92 Å². The predicted octanol–water partition coefficient (Wildman–Crippen LogP) is 2.96. The number of pyridine rings is 1. The Bertz CT molecular complexity index is 313. The fraction of sp³-hybridized carbons (Fsp3) is 0.615. The zero-order chi connectivity index (χ0) is 12.0. The average molecular weight is 224 g/mol. The van der Waals surface area contributed by atoms with Crippen LogP contribution in [0.2, 0.25) is 0 Å². The summed E-state index contributed by atoms with van der Waals surface area (Å²) in [6.07, 6.45) is 4.00. The highest BCUT2D eigenvalue weighted by Gasteiger charge is 2.06. The minimum atomic E-state index is -0.250. The second-order valence-electron chi connectivity index (χ2n) is 4.72. The van der Waals surface area contributed by atoms with Gasteiger partial charge in [0.2, 0.25) is 0 Å². The number of hydrogen-bond donors (Lipinski definition) is 1. The van der Waals surface area contributed by atoms with Crippen LogP contribution in [0.25, 0.3) is 0 Å². The van der Waals surface area contributed by atoms with Crippen molar-refractivity contribution in [1.29, 1.82) is 0 Å². The summed E-state index contributed by atoms with van der Waals surface area (Å²) in [5.41, 5.74) is 0.978. The SMILES string of the molecule is CC(C)CNCCC(C)c1cncc(F)c1. The van der Waals surface area contributed by atoms with E-state index in [4.69, 9.17) is 0 Å². The number of nitrogens with zero attached hydrogens (tertiary/aromatic N) is 1. The lowest BCUT2D eigenvalue weighted by molar-refractivity contribution is 0.523. The molecule has 0 bridgehead atoms. The maximum atomic E-state index is 12.9. The molecule has 0 aromatic carbocycles. The number of rotatable bonds is 6. The lowest BCUT2D eigenvalue weighted by Crippen LogP contribution is -2.21. The first-order valence-electron chi connectivity index (χ1n) is 5.90. The third-order valence-corrected chi connectivity index (χ3v) is 2.60. The van der Waals surface area contributed by atoms with Gasteiger partial charge in [0.25, 0.3) is 0 Å². The molecule has 0 radical (unpaired) electrons. The van der Waals surface area contributed by atoms with Crippen molar-refractivity contribution in [2.75, 3.05) is 13.1 Å². The second kappa shape index (κ2) is 6.59. The molecule has 0 amide bonds. The van der Waals surface area contributed by atoms with Crippen molar-refractivity contribution in [1.82, 2.24) is 10.3 Å². The van der Waals surface area contributed by atoms with Gasteiger partial charge in [-0.3, -0.25) is 4.98 Å². The summed E-state index contributed by atoms with van der Waals surface area (Å²) in [6.45, 7) is 8.48. The smallest absolute Gasteiger partial charge is 0.141 e. The molecule has 0 aliphatic carbocycles. The van der Waals surface area contributed by atoms with Gasteiger partial charge in [-0.2, -0.15) is 0 Å². The van der Waals surface area contributed by atoms with E-state index < -0.39 is 0 Å². The van der Waals surface area contributed by atoms with Crippen LogP contribution in [0.3, 0.4) is 0 Å². The van der Waals surface area contributed by atoms with Crippen LogP contribution < -0.4 is 5.32 Å². The van der Waals surface area contributed by atoms with Gasteiger partial charge in [-0.05, 0) is 43.0 Å². The van der Waals surface area contributed by atoms with Crippen LogP contribution in [0.5, 0.6) is 0 Å². The number of halogens is 1. The summed E-state index contributed by atoms with van der Waals surface area (Å²) in [5, 5.41) is 3.39. The van der Waals surface area contributed by atoms with Crippen molar-refractivity contribution in [3.05, 3.63) is 29.8 Å². The summed E-state index contributed by atoms with van der Waals surface area (Å²) in [6, 6.07) is 1.57. The quantitative estimate of drug-likeness (QED) is 0.751. The third-order valence-electron chi connectivity index (χ3n) is 2.60. The number of aromatic nitrogens is 1. The van der Waals surface area contributed by atoms with Crippen LogP contribution in [0.15, 0.2) is 18.5 Å². The Hall–Kier alpha value is -0.960. The standard InChI is InChI=1S/C13H21FN2/c1-10(2)7-15-5-4-11(3)12-6-13(14)9-16-8-12/h6,8-11,15H,4-5,7H2,1-3H3. The topological polar surface area (TPSA) is 24.9 Å². The second-order valence-corrected chi connectivity index (χ2v) is 4.72. The maximum absolute atomic E-state index is 12.9. The first-order valence-corrected chi connectivity index (χ1v) is 5.90. The van der Waals surface area contributed by atoms with Crippen LogP contribution in [0.1, 0.15) is 38.7 Å². The van der Waals surface area contributed by atoms with Gasteiger partial charge in [0.1, 0.15) is 5.82 Å². The molecule has 1 atom stereocenters. The predicted molar refractivity (Wildman–Crippen MR) is 64.9 cm³/mol. The van der Waals surface area contributed by atoms with E-state index in [9.17, 15) is 4.39 Å². The van der Waals surface area contributed by atoms with E-state index in [0.29, 0.717) is 11.8 Å². The molecule has 1 unspecified atom stereocenters.